The van der Waals surface area contributed by atoms with Crippen molar-refractivity contribution in [2.75, 3.05) is 6.54 Å². The highest BCUT2D eigenvalue weighted by molar-refractivity contribution is 5.76. The zero-order valence-corrected chi connectivity index (χ0v) is 11.5. The summed E-state index contributed by atoms with van der Waals surface area (Å²) in [5.74, 6) is -0.321. The van der Waals surface area contributed by atoms with Crippen molar-refractivity contribution in [2.45, 2.75) is 58.5 Å². The predicted molar refractivity (Wildman–Crippen MR) is 69.4 cm³/mol. The lowest BCUT2D eigenvalue weighted by molar-refractivity contribution is -0.137. The molecule has 0 aromatic rings. The SMILES string of the molecule is CC(C)CCN(C(=O)NC(C)CC(=O)O)C1CC1. The molecule has 1 aliphatic rings. The Morgan fingerprint density at radius 2 is 1.94 bits per heavy atom. The quantitative estimate of drug-likeness (QED) is 0.732. The molecule has 5 heteroatoms. The molecule has 0 saturated heterocycles. The maximum Gasteiger partial charge on any atom is 0.317 e. The Morgan fingerprint density at radius 1 is 1.33 bits per heavy atom. The minimum Gasteiger partial charge on any atom is -0.481 e. The number of nitrogens with one attached hydrogen (secondary N) is 1. The van der Waals surface area contributed by atoms with Gasteiger partial charge in [0.25, 0.3) is 0 Å². The lowest BCUT2D eigenvalue weighted by Crippen LogP contribution is -2.46. The molecule has 0 heterocycles. The van der Waals surface area contributed by atoms with E-state index in [0.717, 1.165) is 25.8 Å². The summed E-state index contributed by atoms with van der Waals surface area (Å²) in [6.45, 7) is 6.75. The standard InChI is InChI=1S/C13H24N2O3/c1-9(2)6-7-15(11-4-5-11)13(18)14-10(3)8-12(16)17/h9-11H,4-8H2,1-3H3,(H,14,18)(H,16,17). The van der Waals surface area contributed by atoms with E-state index >= 15 is 0 Å². The van der Waals surface area contributed by atoms with Crippen LogP contribution in [-0.4, -0.2) is 40.6 Å². The predicted octanol–water partition coefficient (Wildman–Crippen LogP) is 2.07. The number of hydrogen-bond donors (Lipinski definition) is 2. The lowest BCUT2D eigenvalue weighted by atomic mass is 10.1. The third kappa shape index (κ3) is 5.38. The van der Waals surface area contributed by atoms with E-state index in [4.69, 9.17) is 5.11 Å². The van der Waals surface area contributed by atoms with E-state index in [9.17, 15) is 9.59 Å². The summed E-state index contributed by atoms with van der Waals surface area (Å²) in [6, 6.07) is -0.0806. The van der Waals surface area contributed by atoms with Gasteiger partial charge in [0.1, 0.15) is 0 Å². The molecule has 0 bridgehead atoms. The molecule has 1 atom stereocenters. The molecule has 1 aliphatic carbocycles. The Balaban J connectivity index is 2.41. The average molecular weight is 256 g/mol. The first-order chi connectivity index (χ1) is 8.40. The molecule has 18 heavy (non-hydrogen) atoms. The van der Waals surface area contributed by atoms with Gasteiger partial charge in [0, 0.05) is 18.6 Å². The van der Waals surface area contributed by atoms with Gasteiger partial charge in [-0.15, -0.1) is 0 Å². The van der Waals surface area contributed by atoms with Gasteiger partial charge < -0.3 is 15.3 Å². The van der Waals surface area contributed by atoms with E-state index in [2.05, 4.69) is 19.2 Å². The largest absolute Gasteiger partial charge is 0.481 e. The maximum atomic E-state index is 12.1. The molecule has 1 unspecified atom stereocenters. The van der Waals surface area contributed by atoms with Crippen molar-refractivity contribution in [2.24, 2.45) is 5.92 Å². The molecule has 1 saturated carbocycles. The lowest BCUT2D eigenvalue weighted by Gasteiger charge is -2.25. The van der Waals surface area contributed by atoms with E-state index in [0.29, 0.717) is 12.0 Å². The second-order valence-corrected chi connectivity index (χ2v) is 5.56. The number of carboxylic acid groups (broad SMARTS) is 1. The molecule has 2 N–H and O–H groups in total. The minimum atomic E-state index is -0.886. The van der Waals surface area contributed by atoms with Crippen molar-refractivity contribution in [3.05, 3.63) is 0 Å². The van der Waals surface area contributed by atoms with Crippen LogP contribution in [0.1, 0.15) is 46.5 Å². The molecule has 5 nitrogen and oxygen atoms in total. The van der Waals surface area contributed by atoms with Gasteiger partial charge in [-0.3, -0.25) is 4.79 Å². The molecule has 0 aromatic heterocycles. The van der Waals surface area contributed by atoms with Crippen LogP contribution in [0.4, 0.5) is 4.79 Å². The van der Waals surface area contributed by atoms with Crippen molar-refractivity contribution in [3.63, 3.8) is 0 Å². The highest BCUT2D eigenvalue weighted by Gasteiger charge is 2.32. The molecule has 2 amide bonds. The fraction of sp³-hybridized carbons (Fsp3) is 0.846. The molecule has 104 valence electrons. The Kier molecular flexibility index (Phi) is 5.44. The van der Waals surface area contributed by atoms with Crippen molar-refractivity contribution >= 4 is 12.0 Å². The van der Waals surface area contributed by atoms with E-state index in [1.54, 1.807) is 6.92 Å². The van der Waals surface area contributed by atoms with Crippen LogP contribution in [0, 0.1) is 5.92 Å². The van der Waals surface area contributed by atoms with Crippen LogP contribution in [0.5, 0.6) is 0 Å². The van der Waals surface area contributed by atoms with Gasteiger partial charge in [-0.1, -0.05) is 13.8 Å². The summed E-state index contributed by atoms with van der Waals surface area (Å²) in [4.78, 5) is 24.5. The molecule has 0 aromatic carbocycles. The van der Waals surface area contributed by atoms with Gasteiger partial charge >= 0.3 is 12.0 Å². The van der Waals surface area contributed by atoms with E-state index < -0.39 is 5.97 Å². The zero-order valence-electron chi connectivity index (χ0n) is 11.5. The number of urea groups is 1. The topological polar surface area (TPSA) is 69.6 Å². The fourth-order valence-electron chi connectivity index (χ4n) is 1.84. The third-order valence-corrected chi connectivity index (χ3v) is 3.05. The van der Waals surface area contributed by atoms with Gasteiger partial charge in [-0.25, -0.2) is 4.79 Å². The summed E-state index contributed by atoms with van der Waals surface area (Å²) < 4.78 is 0. The first-order valence-electron chi connectivity index (χ1n) is 6.69. The van der Waals surface area contributed by atoms with Crippen LogP contribution in [0.25, 0.3) is 0 Å². The van der Waals surface area contributed by atoms with Crippen LogP contribution in [0.15, 0.2) is 0 Å². The molecule has 1 rings (SSSR count). The van der Waals surface area contributed by atoms with E-state index in [1.165, 1.54) is 0 Å². The number of carbonyl (C=O) groups is 2. The molecule has 0 radical (unpaired) electrons. The van der Waals surface area contributed by atoms with E-state index in [-0.39, 0.29) is 18.5 Å². The number of rotatable bonds is 7. The highest BCUT2D eigenvalue weighted by Crippen LogP contribution is 2.27. The van der Waals surface area contributed by atoms with Crippen molar-refractivity contribution < 1.29 is 14.7 Å². The van der Waals surface area contributed by atoms with Crippen LogP contribution in [0.2, 0.25) is 0 Å². The van der Waals surface area contributed by atoms with Crippen LogP contribution in [-0.2, 0) is 4.79 Å². The fourth-order valence-corrected chi connectivity index (χ4v) is 1.84. The summed E-state index contributed by atoms with van der Waals surface area (Å²) in [5, 5.41) is 11.4. The Bertz CT molecular complexity index is 301. The van der Waals surface area contributed by atoms with Gasteiger partial charge in [-0.05, 0) is 32.1 Å². The molecule has 1 fully saturated rings. The monoisotopic (exact) mass is 256 g/mol. The maximum absolute atomic E-state index is 12.1. The van der Waals surface area contributed by atoms with E-state index in [1.807, 2.05) is 4.90 Å². The Morgan fingerprint density at radius 3 is 2.39 bits per heavy atom. The normalized spacial score (nSPS) is 16.4. The number of carboxylic acids is 1. The van der Waals surface area contributed by atoms with Gasteiger partial charge in [0.05, 0.1) is 6.42 Å². The molecule has 0 aliphatic heterocycles. The summed E-state index contributed by atoms with van der Waals surface area (Å²) >= 11 is 0. The van der Waals surface area contributed by atoms with Crippen molar-refractivity contribution in [3.8, 4) is 0 Å². The van der Waals surface area contributed by atoms with Crippen molar-refractivity contribution in [1.29, 1.82) is 0 Å². The number of carbonyl (C=O) groups excluding carboxylic acids is 1. The van der Waals surface area contributed by atoms with Gasteiger partial charge in [-0.2, -0.15) is 0 Å². The van der Waals surface area contributed by atoms with Crippen molar-refractivity contribution in [1.82, 2.24) is 10.2 Å². The van der Waals surface area contributed by atoms with Gasteiger partial charge in [0.2, 0.25) is 0 Å². The molecule has 0 spiro atoms. The third-order valence-electron chi connectivity index (χ3n) is 3.05. The summed E-state index contributed by atoms with van der Waals surface area (Å²) in [5.41, 5.74) is 0. The molecular formula is C13H24N2O3. The Hall–Kier alpha value is -1.26. The first-order valence-corrected chi connectivity index (χ1v) is 6.69. The van der Waals surface area contributed by atoms with Crippen LogP contribution < -0.4 is 5.32 Å². The summed E-state index contributed by atoms with van der Waals surface area (Å²) in [7, 11) is 0. The highest BCUT2D eigenvalue weighted by atomic mass is 16.4. The van der Waals surface area contributed by atoms with Gasteiger partial charge in [0.15, 0.2) is 0 Å². The number of hydrogen-bond acceptors (Lipinski definition) is 2. The second kappa shape index (κ2) is 6.61. The number of amides is 2. The average Bonchev–Trinajstić information content (AvgIpc) is 2.99. The number of aliphatic carboxylic acids is 1. The number of nitrogens with zero attached hydrogens (tertiary/aromatic N) is 1. The zero-order chi connectivity index (χ0) is 13.7. The van der Waals surface area contributed by atoms with Crippen LogP contribution in [0.3, 0.4) is 0 Å². The Labute approximate surface area is 109 Å². The minimum absolute atomic E-state index is 0.0333. The van der Waals surface area contributed by atoms with Crippen LogP contribution >= 0.6 is 0 Å². The molecular weight excluding hydrogens is 232 g/mol. The smallest absolute Gasteiger partial charge is 0.317 e. The first kappa shape index (κ1) is 14.8. The second-order valence-electron chi connectivity index (χ2n) is 5.56. The summed E-state index contributed by atoms with van der Waals surface area (Å²) in [6.07, 6.45) is 3.09.